The zero-order valence-corrected chi connectivity index (χ0v) is 17.2. The summed E-state index contributed by atoms with van der Waals surface area (Å²) in [6, 6.07) is 14.0. The molecule has 2 amide bonds. The van der Waals surface area contributed by atoms with Crippen LogP contribution in [0.4, 0.5) is 10.5 Å². The second-order valence-electron chi connectivity index (χ2n) is 6.95. The number of nitrogens with zero attached hydrogens (tertiary/aromatic N) is 3. The quantitative estimate of drug-likeness (QED) is 0.601. The zero-order chi connectivity index (χ0) is 19.0. The van der Waals surface area contributed by atoms with E-state index in [1.165, 1.54) is 0 Å². The van der Waals surface area contributed by atoms with Crippen LogP contribution in [0.3, 0.4) is 0 Å². The molecule has 5 nitrogen and oxygen atoms in total. The first-order valence-electron chi connectivity index (χ1n) is 9.37. The molecule has 4 rings (SSSR count). The summed E-state index contributed by atoms with van der Waals surface area (Å²) in [5.74, 6) is 0.985. The number of carbonyl (C=O) groups is 1. The predicted octanol–water partition coefficient (Wildman–Crippen LogP) is 5.50. The van der Waals surface area contributed by atoms with E-state index in [0.29, 0.717) is 0 Å². The number of hydrogen-bond donors (Lipinski definition) is 1. The molecule has 1 atom stereocenters. The smallest absolute Gasteiger partial charge is 0.322 e. The van der Waals surface area contributed by atoms with Gasteiger partial charge in [0.05, 0.1) is 17.1 Å². The molecule has 6 heteroatoms. The van der Waals surface area contributed by atoms with E-state index in [-0.39, 0.29) is 12.1 Å². The lowest BCUT2D eigenvalue weighted by Crippen LogP contribution is -2.35. The molecule has 27 heavy (non-hydrogen) atoms. The van der Waals surface area contributed by atoms with Crippen molar-refractivity contribution in [3.05, 3.63) is 58.3 Å². The van der Waals surface area contributed by atoms with E-state index in [9.17, 15) is 4.79 Å². The molecule has 1 aliphatic rings. The van der Waals surface area contributed by atoms with E-state index in [4.69, 9.17) is 4.98 Å². The van der Waals surface area contributed by atoms with E-state index < -0.39 is 0 Å². The van der Waals surface area contributed by atoms with Crippen molar-refractivity contribution in [2.45, 2.75) is 39.3 Å². The predicted molar refractivity (Wildman–Crippen MR) is 112 cm³/mol. The highest BCUT2D eigenvalue weighted by Gasteiger charge is 2.33. The molecule has 140 valence electrons. The number of rotatable bonds is 3. The Morgan fingerprint density at radius 1 is 1.30 bits per heavy atom. The molecule has 2 heterocycles. The number of fused-ring (bicyclic) bond motifs is 1. The first-order chi connectivity index (χ1) is 13.1. The lowest BCUT2D eigenvalue weighted by Gasteiger charge is -2.25. The van der Waals surface area contributed by atoms with Gasteiger partial charge in [0.1, 0.15) is 5.82 Å². The first kappa shape index (κ1) is 18.0. The van der Waals surface area contributed by atoms with Gasteiger partial charge in [-0.05, 0) is 62.6 Å². The number of benzene rings is 2. The minimum atomic E-state index is -0.0612. The van der Waals surface area contributed by atoms with Crippen molar-refractivity contribution in [2.24, 2.45) is 0 Å². The van der Waals surface area contributed by atoms with Gasteiger partial charge in [0.25, 0.3) is 0 Å². The average Bonchev–Trinajstić information content (AvgIpc) is 3.28. The van der Waals surface area contributed by atoms with Crippen LogP contribution in [0.15, 0.2) is 46.9 Å². The second-order valence-corrected chi connectivity index (χ2v) is 7.80. The molecule has 1 unspecified atom stereocenters. The highest BCUT2D eigenvalue weighted by molar-refractivity contribution is 9.10. The summed E-state index contributed by atoms with van der Waals surface area (Å²) >= 11 is 3.50. The van der Waals surface area contributed by atoms with Crippen molar-refractivity contribution in [3.63, 3.8) is 0 Å². The number of imidazole rings is 1. The molecule has 3 aromatic rings. The average molecular weight is 427 g/mol. The van der Waals surface area contributed by atoms with Gasteiger partial charge in [0.2, 0.25) is 0 Å². The molecule has 0 bridgehead atoms. The number of anilines is 1. The molecular formula is C21H23BrN4O. The molecule has 1 N–H and O–H groups in total. The maximum absolute atomic E-state index is 13.0. The lowest BCUT2D eigenvalue weighted by molar-refractivity contribution is 0.204. The van der Waals surface area contributed by atoms with Gasteiger partial charge in [0.15, 0.2) is 0 Å². The fourth-order valence-electron chi connectivity index (χ4n) is 3.88. The molecule has 1 saturated heterocycles. The van der Waals surface area contributed by atoms with Crippen LogP contribution in [0.1, 0.15) is 37.2 Å². The minimum Gasteiger partial charge on any atom is -0.327 e. The number of aryl methyl sites for hydroxylation is 2. The van der Waals surface area contributed by atoms with Crippen LogP contribution < -0.4 is 5.32 Å². The van der Waals surface area contributed by atoms with E-state index in [2.05, 4.69) is 38.8 Å². The van der Waals surface area contributed by atoms with Gasteiger partial charge in [-0.3, -0.25) is 0 Å². The summed E-state index contributed by atoms with van der Waals surface area (Å²) in [5, 5.41) is 3.05. The topological polar surface area (TPSA) is 50.2 Å². The van der Waals surface area contributed by atoms with Gasteiger partial charge in [-0.15, -0.1) is 0 Å². The molecule has 1 fully saturated rings. The third-order valence-corrected chi connectivity index (χ3v) is 6.11. The molecule has 1 aromatic heterocycles. The van der Waals surface area contributed by atoms with Crippen LogP contribution in [0, 0.1) is 6.92 Å². The van der Waals surface area contributed by atoms with Gasteiger partial charge in [-0.1, -0.05) is 28.1 Å². The summed E-state index contributed by atoms with van der Waals surface area (Å²) in [6.07, 6.45) is 1.93. The van der Waals surface area contributed by atoms with Crippen molar-refractivity contribution < 1.29 is 4.79 Å². The normalized spacial score (nSPS) is 16.9. The Labute approximate surface area is 167 Å². The van der Waals surface area contributed by atoms with Gasteiger partial charge in [-0.2, -0.15) is 0 Å². The number of aromatic nitrogens is 2. The molecular weight excluding hydrogens is 404 g/mol. The molecule has 0 spiro atoms. The number of nitrogens with one attached hydrogen (secondary N) is 1. The van der Waals surface area contributed by atoms with E-state index in [1.807, 2.05) is 48.2 Å². The van der Waals surface area contributed by atoms with Gasteiger partial charge < -0.3 is 14.8 Å². The maximum atomic E-state index is 13.0. The molecule has 0 aliphatic carbocycles. The van der Waals surface area contributed by atoms with Crippen LogP contribution in [0.2, 0.25) is 0 Å². The number of carbonyl (C=O) groups excluding carboxylic acids is 1. The maximum Gasteiger partial charge on any atom is 0.322 e. The highest BCUT2D eigenvalue weighted by Crippen LogP contribution is 2.34. The monoisotopic (exact) mass is 426 g/mol. The molecule has 2 aromatic carbocycles. The summed E-state index contributed by atoms with van der Waals surface area (Å²) in [5.41, 5.74) is 4.03. The molecule has 1 aliphatic heterocycles. The number of amides is 2. The second kappa shape index (κ2) is 7.35. The van der Waals surface area contributed by atoms with Crippen molar-refractivity contribution in [3.8, 4) is 0 Å². The highest BCUT2D eigenvalue weighted by atomic mass is 79.9. The molecule has 0 saturated carbocycles. The Morgan fingerprint density at radius 2 is 2.11 bits per heavy atom. The fourth-order valence-corrected chi connectivity index (χ4v) is 4.12. The zero-order valence-electron chi connectivity index (χ0n) is 15.6. The largest absolute Gasteiger partial charge is 0.327 e. The van der Waals surface area contributed by atoms with Gasteiger partial charge in [-0.25, -0.2) is 9.78 Å². The van der Waals surface area contributed by atoms with Crippen molar-refractivity contribution >= 4 is 38.7 Å². The van der Waals surface area contributed by atoms with Crippen LogP contribution in [-0.4, -0.2) is 27.0 Å². The third-order valence-electron chi connectivity index (χ3n) is 5.22. The Balaban J connectivity index is 1.62. The standard InChI is InChI=1S/C21H23BrN4O/c1-3-25-18-8-5-4-7-17(18)24-20(25)19-9-6-12-26(19)21(27)23-15-10-11-16(22)14(2)13-15/h4-5,7-8,10-11,13,19H,3,6,9,12H2,1-2H3,(H,23,27). The van der Waals surface area contributed by atoms with Crippen LogP contribution in [-0.2, 0) is 6.54 Å². The number of para-hydroxylation sites is 2. The summed E-state index contributed by atoms with van der Waals surface area (Å²) in [6.45, 7) is 5.73. The molecule has 0 radical (unpaired) electrons. The van der Waals surface area contributed by atoms with Crippen molar-refractivity contribution in [2.75, 3.05) is 11.9 Å². The van der Waals surface area contributed by atoms with Gasteiger partial charge in [0, 0.05) is 23.2 Å². The van der Waals surface area contributed by atoms with Crippen LogP contribution >= 0.6 is 15.9 Å². The first-order valence-corrected chi connectivity index (χ1v) is 10.2. The number of halogens is 1. The SMILES string of the molecule is CCn1c(C2CCCN2C(=O)Nc2ccc(Br)c(C)c2)nc2ccccc21. The van der Waals surface area contributed by atoms with E-state index in [0.717, 1.165) is 58.5 Å². The Morgan fingerprint density at radius 3 is 2.89 bits per heavy atom. The van der Waals surface area contributed by atoms with E-state index in [1.54, 1.807) is 0 Å². The number of likely N-dealkylation sites (tertiary alicyclic amines) is 1. The third kappa shape index (κ3) is 3.34. The summed E-state index contributed by atoms with van der Waals surface area (Å²) in [4.78, 5) is 19.8. The number of urea groups is 1. The van der Waals surface area contributed by atoms with Crippen LogP contribution in [0.25, 0.3) is 11.0 Å². The Hall–Kier alpha value is -2.34. The Kier molecular flexibility index (Phi) is 4.91. The van der Waals surface area contributed by atoms with Gasteiger partial charge >= 0.3 is 6.03 Å². The summed E-state index contributed by atoms with van der Waals surface area (Å²) < 4.78 is 3.27. The lowest BCUT2D eigenvalue weighted by atomic mass is 10.2. The fraction of sp³-hybridized carbons (Fsp3) is 0.333. The number of hydrogen-bond acceptors (Lipinski definition) is 2. The minimum absolute atomic E-state index is 0.00824. The van der Waals surface area contributed by atoms with E-state index >= 15 is 0 Å². The summed E-state index contributed by atoms with van der Waals surface area (Å²) in [7, 11) is 0. The van der Waals surface area contributed by atoms with Crippen molar-refractivity contribution in [1.29, 1.82) is 0 Å². The van der Waals surface area contributed by atoms with Crippen molar-refractivity contribution in [1.82, 2.24) is 14.5 Å². The Bertz CT molecular complexity index is 997. The van der Waals surface area contributed by atoms with Crippen LogP contribution in [0.5, 0.6) is 0 Å².